The van der Waals surface area contributed by atoms with Gasteiger partial charge in [-0.3, -0.25) is 4.79 Å². The molecule has 1 aliphatic rings. The monoisotopic (exact) mass is 313 g/mol. The Balaban J connectivity index is 2.04. The number of rotatable bonds is 5. The van der Waals surface area contributed by atoms with Gasteiger partial charge in [-0.15, -0.1) is 0 Å². The summed E-state index contributed by atoms with van der Waals surface area (Å²) in [7, 11) is 0. The summed E-state index contributed by atoms with van der Waals surface area (Å²) >= 11 is 0. The lowest BCUT2D eigenvalue weighted by molar-refractivity contribution is -0.0498. The van der Waals surface area contributed by atoms with Crippen LogP contribution >= 0.6 is 0 Å². The van der Waals surface area contributed by atoms with E-state index in [1.165, 1.54) is 18.2 Å². The highest BCUT2D eigenvalue weighted by molar-refractivity contribution is 5.94. The highest BCUT2D eigenvalue weighted by atomic mass is 19.3. The van der Waals surface area contributed by atoms with Gasteiger partial charge in [0, 0.05) is 24.1 Å². The van der Waals surface area contributed by atoms with Gasteiger partial charge in [0.05, 0.1) is 0 Å². The fraction of sp³-hybridized carbons (Fsp3) is 0.562. The summed E-state index contributed by atoms with van der Waals surface area (Å²) in [5, 5.41) is 12.4. The maximum absolute atomic E-state index is 12.3. The standard InChI is InChI=1S/C16H21F2NO3/c17-16(18)22-13-7-4-6-11(9-13)15(21)19-14-8-3-1-2-5-12(14)10-20/h4,6-7,9,12,14,16,20H,1-3,5,8,10H2,(H,19,21). The molecule has 122 valence electrons. The van der Waals surface area contributed by atoms with Gasteiger partial charge < -0.3 is 15.2 Å². The van der Waals surface area contributed by atoms with E-state index in [0.717, 1.165) is 32.1 Å². The fourth-order valence-electron chi connectivity index (χ4n) is 2.86. The molecule has 1 aliphatic carbocycles. The molecular weight excluding hydrogens is 292 g/mol. The molecule has 22 heavy (non-hydrogen) atoms. The van der Waals surface area contributed by atoms with Crippen molar-refractivity contribution in [2.45, 2.75) is 44.8 Å². The molecule has 0 bridgehead atoms. The van der Waals surface area contributed by atoms with Crippen molar-refractivity contribution >= 4 is 5.91 Å². The first-order valence-corrected chi connectivity index (χ1v) is 7.56. The minimum Gasteiger partial charge on any atom is -0.435 e. The van der Waals surface area contributed by atoms with Crippen molar-refractivity contribution in [1.29, 1.82) is 0 Å². The third-order valence-corrected chi connectivity index (χ3v) is 4.03. The molecule has 2 rings (SSSR count). The molecule has 2 atom stereocenters. The molecule has 0 saturated heterocycles. The van der Waals surface area contributed by atoms with Crippen molar-refractivity contribution in [3.63, 3.8) is 0 Å². The highest BCUT2D eigenvalue weighted by Gasteiger charge is 2.25. The number of halogens is 2. The van der Waals surface area contributed by atoms with Crippen LogP contribution in [0.5, 0.6) is 5.75 Å². The normalized spacial score (nSPS) is 22.2. The van der Waals surface area contributed by atoms with Crippen LogP contribution in [0.2, 0.25) is 0 Å². The lowest BCUT2D eigenvalue weighted by Crippen LogP contribution is -2.41. The second kappa shape index (κ2) is 8.08. The van der Waals surface area contributed by atoms with Crippen LogP contribution in [0.25, 0.3) is 0 Å². The molecule has 1 amide bonds. The average molecular weight is 313 g/mol. The topological polar surface area (TPSA) is 58.6 Å². The molecule has 6 heteroatoms. The summed E-state index contributed by atoms with van der Waals surface area (Å²) in [6.45, 7) is -2.88. The third-order valence-electron chi connectivity index (χ3n) is 4.03. The van der Waals surface area contributed by atoms with E-state index >= 15 is 0 Å². The molecule has 2 N–H and O–H groups in total. The summed E-state index contributed by atoms with van der Waals surface area (Å²) in [4.78, 5) is 12.3. The zero-order valence-corrected chi connectivity index (χ0v) is 12.3. The van der Waals surface area contributed by atoms with Crippen LogP contribution in [0.1, 0.15) is 42.5 Å². The van der Waals surface area contributed by atoms with E-state index in [4.69, 9.17) is 0 Å². The van der Waals surface area contributed by atoms with Gasteiger partial charge in [0.1, 0.15) is 5.75 Å². The molecular formula is C16H21F2NO3. The lowest BCUT2D eigenvalue weighted by atomic mass is 9.95. The molecule has 1 fully saturated rings. The van der Waals surface area contributed by atoms with E-state index in [2.05, 4.69) is 10.1 Å². The van der Waals surface area contributed by atoms with E-state index < -0.39 is 6.61 Å². The molecule has 1 aromatic carbocycles. The van der Waals surface area contributed by atoms with Crippen LogP contribution in [0.15, 0.2) is 24.3 Å². The number of alkyl halides is 2. The van der Waals surface area contributed by atoms with Gasteiger partial charge >= 0.3 is 6.61 Å². The Morgan fingerprint density at radius 1 is 1.32 bits per heavy atom. The number of aliphatic hydroxyl groups excluding tert-OH is 1. The Morgan fingerprint density at radius 3 is 2.82 bits per heavy atom. The zero-order valence-electron chi connectivity index (χ0n) is 12.3. The fourth-order valence-corrected chi connectivity index (χ4v) is 2.86. The van der Waals surface area contributed by atoms with Gasteiger partial charge in [0.2, 0.25) is 0 Å². The molecule has 0 radical (unpaired) electrons. The van der Waals surface area contributed by atoms with Crippen LogP contribution in [0, 0.1) is 5.92 Å². The van der Waals surface area contributed by atoms with E-state index in [-0.39, 0.29) is 35.8 Å². The predicted octanol–water partition coefficient (Wildman–Crippen LogP) is 2.96. The number of ether oxygens (including phenoxy) is 1. The summed E-state index contributed by atoms with van der Waals surface area (Å²) < 4.78 is 28.7. The van der Waals surface area contributed by atoms with Gasteiger partial charge in [-0.05, 0) is 31.0 Å². The largest absolute Gasteiger partial charge is 0.435 e. The lowest BCUT2D eigenvalue weighted by Gasteiger charge is -2.24. The van der Waals surface area contributed by atoms with Crippen LogP contribution in [0.3, 0.4) is 0 Å². The molecule has 1 saturated carbocycles. The second-order valence-corrected chi connectivity index (χ2v) is 5.57. The number of amides is 1. The minimum absolute atomic E-state index is 0.0396. The van der Waals surface area contributed by atoms with Crippen molar-refractivity contribution in [3.8, 4) is 5.75 Å². The summed E-state index contributed by atoms with van der Waals surface area (Å²) in [6.07, 6.45) is 4.87. The number of aliphatic hydroxyl groups is 1. The molecule has 1 aromatic rings. The Bertz CT molecular complexity index is 496. The Kier molecular flexibility index (Phi) is 6.12. The average Bonchev–Trinajstić information content (AvgIpc) is 2.71. The summed E-state index contributed by atoms with van der Waals surface area (Å²) in [5.74, 6) is -0.320. The molecule has 4 nitrogen and oxygen atoms in total. The maximum Gasteiger partial charge on any atom is 0.387 e. The maximum atomic E-state index is 12.3. The Labute approximate surface area is 128 Å². The van der Waals surface area contributed by atoms with Crippen LogP contribution < -0.4 is 10.1 Å². The van der Waals surface area contributed by atoms with E-state index in [1.807, 2.05) is 0 Å². The van der Waals surface area contributed by atoms with Crippen LogP contribution in [0.4, 0.5) is 8.78 Å². The van der Waals surface area contributed by atoms with Gasteiger partial charge in [-0.1, -0.05) is 25.3 Å². The first kappa shape index (κ1) is 16.7. The molecule has 0 aromatic heterocycles. The molecule has 0 spiro atoms. The quantitative estimate of drug-likeness (QED) is 0.822. The number of nitrogens with one attached hydrogen (secondary N) is 1. The zero-order chi connectivity index (χ0) is 15.9. The van der Waals surface area contributed by atoms with Gasteiger partial charge in [-0.2, -0.15) is 8.78 Å². The van der Waals surface area contributed by atoms with Crippen molar-refractivity contribution < 1.29 is 23.4 Å². The number of carbonyl (C=O) groups is 1. The summed E-state index contributed by atoms with van der Waals surface area (Å²) in [6, 6.07) is 5.65. The van der Waals surface area contributed by atoms with Gasteiger partial charge in [0.25, 0.3) is 5.91 Å². The third kappa shape index (κ3) is 4.66. The van der Waals surface area contributed by atoms with Crippen LogP contribution in [-0.4, -0.2) is 30.3 Å². The number of benzene rings is 1. The number of hydrogen-bond acceptors (Lipinski definition) is 3. The molecule has 0 heterocycles. The van der Waals surface area contributed by atoms with Gasteiger partial charge in [-0.25, -0.2) is 0 Å². The van der Waals surface area contributed by atoms with E-state index in [0.29, 0.717) is 0 Å². The Hall–Kier alpha value is -1.69. The van der Waals surface area contributed by atoms with Crippen molar-refractivity contribution in [2.24, 2.45) is 5.92 Å². The SMILES string of the molecule is O=C(NC1CCCCCC1CO)c1cccc(OC(F)F)c1. The predicted molar refractivity (Wildman–Crippen MR) is 78.0 cm³/mol. The minimum atomic E-state index is -2.92. The van der Waals surface area contributed by atoms with Crippen LogP contribution in [-0.2, 0) is 0 Å². The first-order valence-electron chi connectivity index (χ1n) is 7.56. The summed E-state index contributed by atoms with van der Waals surface area (Å²) in [5.41, 5.74) is 0.277. The van der Waals surface area contributed by atoms with Gasteiger partial charge in [0.15, 0.2) is 0 Å². The van der Waals surface area contributed by atoms with Crippen molar-refractivity contribution in [3.05, 3.63) is 29.8 Å². The smallest absolute Gasteiger partial charge is 0.387 e. The van der Waals surface area contributed by atoms with E-state index in [9.17, 15) is 18.7 Å². The molecule has 2 unspecified atom stereocenters. The highest BCUT2D eigenvalue weighted by Crippen LogP contribution is 2.24. The van der Waals surface area contributed by atoms with Crippen molar-refractivity contribution in [2.75, 3.05) is 6.61 Å². The number of hydrogen-bond donors (Lipinski definition) is 2. The first-order chi connectivity index (χ1) is 10.6. The second-order valence-electron chi connectivity index (χ2n) is 5.57. The van der Waals surface area contributed by atoms with E-state index in [1.54, 1.807) is 6.07 Å². The number of carbonyl (C=O) groups excluding carboxylic acids is 1. The Morgan fingerprint density at radius 2 is 2.09 bits per heavy atom. The van der Waals surface area contributed by atoms with Crippen molar-refractivity contribution in [1.82, 2.24) is 5.32 Å². The molecule has 0 aliphatic heterocycles.